The summed E-state index contributed by atoms with van der Waals surface area (Å²) >= 11 is 0. The van der Waals surface area contributed by atoms with E-state index in [9.17, 15) is 9.65 Å². The SMILES string of the molecule is CCCc1nn(-c2ccccc2)c2c1[C@H](c1ccccc1F)C(C#N)=C(N)O2. The lowest BCUT2D eigenvalue weighted by molar-refractivity contribution is 0.366. The molecule has 0 fully saturated rings. The Kier molecular flexibility index (Phi) is 4.58. The number of halogens is 1. The number of hydrogen-bond acceptors (Lipinski definition) is 4. The molecular formula is C22H19FN4O. The Balaban J connectivity index is 2.01. The van der Waals surface area contributed by atoms with E-state index in [1.165, 1.54) is 6.07 Å². The predicted molar refractivity (Wildman–Crippen MR) is 103 cm³/mol. The van der Waals surface area contributed by atoms with Crippen molar-refractivity contribution >= 4 is 0 Å². The number of benzene rings is 2. The monoisotopic (exact) mass is 374 g/mol. The summed E-state index contributed by atoms with van der Waals surface area (Å²) in [7, 11) is 0. The van der Waals surface area contributed by atoms with Gasteiger partial charge in [0.1, 0.15) is 17.5 Å². The van der Waals surface area contributed by atoms with E-state index in [-0.39, 0.29) is 11.5 Å². The molecule has 0 bridgehead atoms. The molecule has 0 amide bonds. The van der Waals surface area contributed by atoms with E-state index in [2.05, 4.69) is 6.07 Å². The van der Waals surface area contributed by atoms with Crippen molar-refractivity contribution in [2.45, 2.75) is 25.7 Å². The Morgan fingerprint density at radius 3 is 2.57 bits per heavy atom. The van der Waals surface area contributed by atoms with Crippen molar-refractivity contribution in [2.24, 2.45) is 5.73 Å². The number of para-hydroxylation sites is 1. The van der Waals surface area contributed by atoms with Crippen LogP contribution in [0.15, 0.2) is 66.1 Å². The van der Waals surface area contributed by atoms with Crippen LogP contribution >= 0.6 is 0 Å². The van der Waals surface area contributed by atoms with Gasteiger partial charge in [-0.3, -0.25) is 0 Å². The smallest absolute Gasteiger partial charge is 0.229 e. The average molecular weight is 374 g/mol. The molecule has 1 aliphatic rings. The molecule has 0 radical (unpaired) electrons. The highest BCUT2D eigenvalue weighted by molar-refractivity contribution is 5.57. The normalized spacial score (nSPS) is 15.7. The van der Waals surface area contributed by atoms with Crippen LogP contribution in [-0.4, -0.2) is 9.78 Å². The van der Waals surface area contributed by atoms with Gasteiger partial charge in [-0.25, -0.2) is 9.07 Å². The minimum Gasteiger partial charge on any atom is -0.422 e. The summed E-state index contributed by atoms with van der Waals surface area (Å²) < 4.78 is 22.2. The number of rotatable bonds is 4. The molecule has 2 aromatic carbocycles. The Bertz CT molecular complexity index is 1100. The van der Waals surface area contributed by atoms with Crippen LogP contribution in [0.1, 0.15) is 36.1 Å². The standard InChI is InChI=1S/C22H19FN4O/c1-2-8-18-20-19(15-11-6-7-12-17(15)23)16(13-24)21(25)28-22(20)27(26-18)14-9-4-3-5-10-14/h3-7,9-12,19H,2,8,25H2,1H3/t19-/m1/s1. The summed E-state index contributed by atoms with van der Waals surface area (Å²) in [5.41, 5.74) is 8.94. The van der Waals surface area contributed by atoms with Crippen LogP contribution in [0.4, 0.5) is 4.39 Å². The van der Waals surface area contributed by atoms with Gasteiger partial charge in [-0.1, -0.05) is 49.7 Å². The van der Waals surface area contributed by atoms with E-state index in [0.29, 0.717) is 23.4 Å². The topological polar surface area (TPSA) is 76.9 Å². The molecule has 3 aromatic rings. The van der Waals surface area contributed by atoms with Crippen LogP contribution in [-0.2, 0) is 6.42 Å². The lowest BCUT2D eigenvalue weighted by atomic mass is 9.83. The molecule has 1 aromatic heterocycles. The first kappa shape index (κ1) is 17.8. The number of aromatic nitrogens is 2. The van der Waals surface area contributed by atoms with Crippen LogP contribution in [0.2, 0.25) is 0 Å². The molecule has 2 N–H and O–H groups in total. The van der Waals surface area contributed by atoms with Gasteiger partial charge in [-0.15, -0.1) is 0 Å². The van der Waals surface area contributed by atoms with Crippen LogP contribution < -0.4 is 10.5 Å². The number of allylic oxidation sites excluding steroid dienone is 1. The van der Waals surface area contributed by atoms with Crippen LogP contribution in [0.3, 0.4) is 0 Å². The predicted octanol–water partition coefficient (Wildman–Crippen LogP) is 4.18. The lowest BCUT2D eigenvalue weighted by Crippen LogP contribution is -2.22. The summed E-state index contributed by atoms with van der Waals surface area (Å²) in [6.07, 6.45) is 1.53. The molecular weight excluding hydrogens is 355 g/mol. The second-order valence-electron chi connectivity index (χ2n) is 6.61. The molecule has 0 saturated heterocycles. The largest absolute Gasteiger partial charge is 0.422 e. The third-order valence-electron chi connectivity index (χ3n) is 4.83. The van der Waals surface area contributed by atoms with Gasteiger partial charge in [0.2, 0.25) is 11.8 Å². The summed E-state index contributed by atoms with van der Waals surface area (Å²) in [4.78, 5) is 0. The van der Waals surface area contributed by atoms with Gasteiger partial charge in [0.05, 0.1) is 22.9 Å². The summed E-state index contributed by atoms with van der Waals surface area (Å²) in [6, 6.07) is 18.1. The first-order valence-corrected chi connectivity index (χ1v) is 9.15. The van der Waals surface area contributed by atoms with Gasteiger partial charge in [-0.05, 0) is 24.6 Å². The van der Waals surface area contributed by atoms with E-state index in [1.54, 1.807) is 22.9 Å². The second-order valence-corrected chi connectivity index (χ2v) is 6.61. The number of ether oxygens (including phenoxy) is 1. The number of fused-ring (bicyclic) bond motifs is 1. The number of nitrogens with zero attached hydrogens (tertiary/aromatic N) is 3. The van der Waals surface area contributed by atoms with Gasteiger partial charge < -0.3 is 10.5 Å². The fourth-order valence-corrected chi connectivity index (χ4v) is 3.60. The quantitative estimate of drug-likeness (QED) is 0.743. The molecule has 5 nitrogen and oxygen atoms in total. The zero-order valence-electron chi connectivity index (χ0n) is 15.4. The van der Waals surface area contributed by atoms with Gasteiger partial charge in [0.25, 0.3) is 0 Å². The first-order chi connectivity index (χ1) is 13.7. The van der Waals surface area contributed by atoms with Crippen molar-refractivity contribution in [1.29, 1.82) is 5.26 Å². The molecule has 28 heavy (non-hydrogen) atoms. The van der Waals surface area contributed by atoms with E-state index in [0.717, 1.165) is 17.8 Å². The van der Waals surface area contributed by atoms with Crippen molar-refractivity contribution in [3.63, 3.8) is 0 Å². The van der Waals surface area contributed by atoms with E-state index in [1.807, 2.05) is 37.3 Å². The highest BCUT2D eigenvalue weighted by Crippen LogP contribution is 2.45. The maximum absolute atomic E-state index is 14.7. The average Bonchev–Trinajstić information content (AvgIpc) is 3.06. The maximum atomic E-state index is 14.7. The Labute approximate surface area is 162 Å². The van der Waals surface area contributed by atoms with Crippen molar-refractivity contribution in [1.82, 2.24) is 9.78 Å². The summed E-state index contributed by atoms with van der Waals surface area (Å²) in [5, 5.41) is 14.5. The number of hydrogen-bond donors (Lipinski definition) is 1. The zero-order chi connectivity index (χ0) is 19.7. The summed E-state index contributed by atoms with van der Waals surface area (Å²) in [5.74, 6) is -0.646. The zero-order valence-corrected chi connectivity index (χ0v) is 15.4. The number of aryl methyl sites for hydroxylation is 1. The second kappa shape index (κ2) is 7.20. The van der Waals surface area contributed by atoms with E-state index >= 15 is 0 Å². The third-order valence-corrected chi connectivity index (χ3v) is 4.83. The fraction of sp³-hybridized carbons (Fsp3) is 0.182. The Hall–Kier alpha value is -3.59. The fourth-order valence-electron chi connectivity index (χ4n) is 3.60. The van der Waals surface area contributed by atoms with Crippen LogP contribution in [0.25, 0.3) is 5.69 Å². The van der Waals surface area contributed by atoms with Crippen molar-refractivity contribution in [2.75, 3.05) is 0 Å². The minimum absolute atomic E-state index is 0.0246. The molecule has 1 atom stereocenters. The van der Waals surface area contributed by atoms with E-state index < -0.39 is 11.7 Å². The van der Waals surface area contributed by atoms with Crippen LogP contribution in [0.5, 0.6) is 5.88 Å². The molecule has 0 spiro atoms. The first-order valence-electron chi connectivity index (χ1n) is 9.15. The third kappa shape index (κ3) is 2.81. The van der Waals surface area contributed by atoms with Crippen molar-refractivity contribution < 1.29 is 9.13 Å². The summed E-state index contributed by atoms with van der Waals surface area (Å²) in [6.45, 7) is 2.05. The van der Waals surface area contributed by atoms with E-state index in [4.69, 9.17) is 15.6 Å². The van der Waals surface area contributed by atoms with Crippen LogP contribution in [0, 0.1) is 17.1 Å². The molecule has 140 valence electrons. The van der Waals surface area contributed by atoms with Gasteiger partial charge in [0, 0.05) is 5.56 Å². The maximum Gasteiger partial charge on any atom is 0.229 e. The van der Waals surface area contributed by atoms with Gasteiger partial charge in [0.15, 0.2) is 0 Å². The molecule has 0 saturated carbocycles. The number of nitrogens with two attached hydrogens (primary N) is 1. The van der Waals surface area contributed by atoms with Crippen molar-refractivity contribution in [3.8, 4) is 17.6 Å². The molecule has 4 rings (SSSR count). The van der Waals surface area contributed by atoms with Crippen molar-refractivity contribution in [3.05, 3.63) is 88.7 Å². The number of nitriles is 1. The Morgan fingerprint density at radius 2 is 1.89 bits per heavy atom. The lowest BCUT2D eigenvalue weighted by Gasteiger charge is -2.25. The molecule has 0 aliphatic carbocycles. The molecule has 1 aliphatic heterocycles. The minimum atomic E-state index is -0.658. The Morgan fingerprint density at radius 1 is 1.18 bits per heavy atom. The highest BCUT2D eigenvalue weighted by Gasteiger charge is 2.38. The highest BCUT2D eigenvalue weighted by atomic mass is 19.1. The molecule has 0 unspecified atom stereocenters. The van der Waals surface area contributed by atoms with Gasteiger partial charge >= 0.3 is 0 Å². The molecule has 6 heteroatoms. The van der Waals surface area contributed by atoms with Gasteiger partial charge in [-0.2, -0.15) is 10.4 Å². The molecule has 2 heterocycles.